The fourth-order valence-electron chi connectivity index (χ4n) is 3.82. The van der Waals surface area contributed by atoms with Crippen LogP contribution in [0.5, 0.6) is 0 Å². The zero-order valence-electron chi connectivity index (χ0n) is 15.7. The van der Waals surface area contributed by atoms with E-state index in [2.05, 4.69) is 33.7 Å². The summed E-state index contributed by atoms with van der Waals surface area (Å²) >= 11 is 1.50. The molecule has 1 saturated heterocycles. The lowest BCUT2D eigenvalue weighted by Crippen LogP contribution is -2.48. The van der Waals surface area contributed by atoms with Crippen LogP contribution in [0.25, 0.3) is 22.4 Å². The smallest absolute Gasteiger partial charge is 0.233 e. The number of H-pyrrole nitrogens is 1. The Balaban J connectivity index is 1.41. The molecular weight excluding hydrogens is 356 g/mol. The second-order valence-electron chi connectivity index (χ2n) is 7.21. The molecule has 0 bridgehead atoms. The highest BCUT2D eigenvalue weighted by Crippen LogP contribution is 2.26. The number of para-hydroxylation sites is 2. The van der Waals surface area contributed by atoms with E-state index in [1.807, 2.05) is 42.6 Å². The number of hydrogen-bond acceptors (Lipinski definition) is 4. The van der Waals surface area contributed by atoms with E-state index in [0.717, 1.165) is 40.3 Å². The van der Waals surface area contributed by atoms with E-state index < -0.39 is 0 Å². The molecule has 3 heterocycles. The number of imidazole rings is 1. The van der Waals surface area contributed by atoms with E-state index in [-0.39, 0.29) is 5.91 Å². The molecule has 140 valence electrons. The van der Waals surface area contributed by atoms with Gasteiger partial charge in [-0.3, -0.25) is 4.79 Å². The van der Waals surface area contributed by atoms with Crippen molar-refractivity contribution < 1.29 is 4.79 Å². The lowest BCUT2D eigenvalue weighted by molar-refractivity contribution is -0.134. The number of nitrogens with zero attached hydrogens (tertiary/aromatic N) is 3. The molecule has 0 saturated carbocycles. The number of nitrogens with one attached hydrogen (secondary N) is 1. The summed E-state index contributed by atoms with van der Waals surface area (Å²) in [7, 11) is 0. The standard InChI is InChI=1S/C21H24N4OS/c1-14-6-5-7-15(2)25(14)20(26)13-27-19-11-10-16(12-22-19)21-23-17-8-3-4-9-18(17)24-21/h3-4,8-12,14-15H,5-7,13H2,1-2H3,(H,23,24)/t14-,15+. The van der Waals surface area contributed by atoms with Gasteiger partial charge in [0.1, 0.15) is 5.82 Å². The number of pyridine rings is 1. The third kappa shape index (κ3) is 3.86. The van der Waals surface area contributed by atoms with Crippen molar-refractivity contribution >= 4 is 28.7 Å². The van der Waals surface area contributed by atoms with Crippen LogP contribution in [0.3, 0.4) is 0 Å². The van der Waals surface area contributed by atoms with Gasteiger partial charge in [0.2, 0.25) is 5.91 Å². The zero-order chi connectivity index (χ0) is 18.8. The predicted octanol–water partition coefficient (Wildman–Crippen LogP) is 4.51. The minimum atomic E-state index is 0.211. The fourth-order valence-corrected chi connectivity index (χ4v) is 4.53. The molecule has 3 aromatic rings. The molecule has 1 aliphatic rings. The van der Waals surface area contributed by atoms with Gasteiger partial charge in [0.15, 0.2) is 0 Å². The highest BCUT2D eigenvalue weighted by Gasteiger charge is 2.28. The van der Waals surface area contributed by atoms with Gasteiger partial charge in [-0.15, -0.1) is 0 Å². The molecule has 1 fully saturated rings. The molecule has 2 aromatic heterocycles. The van der Waals surface area contributed by atoms with Gasteiger partial charge in [-0.25, -0.2) is 9.97 Å². The molecule has 1 aromatic carbocycles. The Kier molecular flexibility index (Phi) is 5.16. The SMILES string of the molecule is C[C@@H]1CCC[C@H](C)N1C(=O)CSc1ccc(-c2nc3ccccc3[nH]2)cn1. The van der Waals surface area contributed by atoms with Gasteiger partial charge in [0.05, 0.1) is 21.8 Å². The number of fused-ring (bicyclic) bond motifs is 1. The predicted molar refractivity (Wildman–Crippen MR) is 110 cm³/mol. The van der Waals surface area contributed by atoms with E-state index in [9.17, 15) is 4.79 Å². The van der Waals surface area contributed by atoms with Crippen LogP contribution >= 0.6 is 11.8 Å². The van der Waals surface area contributed by atoms with Gasteiger partial charge in [0, 0.05) is 23.8 Å². The van der Waals surface area contributed by atoms with Crippen LogP contribution in [0.2, 0.25) is 0 Å². The van der Waals surface area contributed by atoms with Gasteiger partial charge in [-0.1, -0.05) is 23.9 Å². The maximum absolute atomic E-state index is 12.6. The average molecular weight is 381 g/mol. The number of benzene rings is 1. The second-order valence-corrected chi connectivity index (χ2v) is 8.20. The Hall–Kier alpha value is -2.34. The first-order valence-corrected chi connectivity index (χ1v) is 10.5. The number of thioether (sulfide) groups is 1. The maximum Gasteiger partial charge on any atom is 0.233 e. The number of likely N-dealkylation sites (tertiary alicyclic amines) is 1. The molecule has 0 radical (unpaired) electrons. The Labute approximate surface area is 163 Å². The van der Waals surface area contributed by atoms with Crippen molar-refractivity contribution in [1.29, 1.82) is 0 Å². The first-order chi connectivity index (χ1) is 13.1. The third-order valence-corrected chi connectivity index (χ3v) is 6.15. The topological polar surface area (TPSA) is 61.9 Å². The summed E-state index contributed by atoms with van der Waals surface area (Å²) in [6.45, 7) is 4.30. The van der Waals surface area contributed by atoms with Crippen molar-refractivity contribution in [2.24, 2.45) is 0 Å². The number of carbonyl (C=O) groups is 1. The van der Waals surface area contributed by atoms with Crippen LogP contribution in [-0.4, -0.2) is 43.6 Å². The van der Waals surface area contributed by atoms with Gasteiger partial charge in [-0.2, -0.15) is 0 Å². The van der Waals surface area contributed by atoms with Crippen LogP contribution in [-0.2, 0) is 4.79 Å². The summed E-state index contributed by atoms with van der Waals surface area (Å²) in [6.07, 6.45) is 5.23. The fraction of sp³-hybridized carbons (Fsp3) is 0.381. The quantitative estimate of drug-likeness (QED) is 0.677. The van der Waals surface area contributed by atoms with Gasteiger partial charge in [0.25, 0.3) is 0 Å². The van der Waals surface area contributed by atoms with Crippen molar-refractivity contribution in [2.75, 3.05) is 5.75 Å². The highest BCUT2D eigenvalue weighted by molar-refractivity contribution is 7.99. The minimum Gasteiger partial charge on any atom is -0.338 e. The number of aromatic nitrogens is 3. The number of aromatic amines is 1. The van der Waals surface area contributed by atoms with Crippen molar-refractivity contribution in [1.82, 2.24) is 19.9 Å². The van der Waals surface area contributed by atoms with Crippen molar-refractivity contribution in [2.45, 2.75) is 50.2 Å². The van der Waals surface area contributed by atoms with Crippen LogP contribution < -0.4 is 0 Å². The maximum atomic E-state index is 12.6. The lowest BCUT2D eigenvalue weighted by atomic mass is 9.98. The molecular formula is C21H24N4OS. The van der Waals surface area contributed by atoms with Crippen LogP contribution in [0.15, 0.2) is 47.6 Å². The summed E-state index contributed by atoms with van der Waals surface area (Å²) in [5, 5.41) is 0.862. The van der Waals surface area contributed by atoms with Gasteiger partial charge in [-0.05, 0) is 57.4 Å². The molecule has 6 heteroatoms. The van der Waals surface area contributed by atoms with Gasteiger partial charge >= 0.3 is 0 Å². The normalized spacial score (nSPS) is 20.1. The van der Waals surface area contributed by atoms with Crippen LogP contribution in [0, 0.1) is 0 Å². The molecule has 27 heavy (non-hydrogen) atoms. The number of hydrogen-bond donors (Lipinski definition) is 1. The zero-order valence-corrected chi connectivity index (χ0v) is 16.5. The molecule has 0 spiro atoms. The van der Waals surface area contributed by atoms with Gasteiger partial charge < -0.3 is 9.88 Å². The second kappa shape index (κ2) is 7.72. The van der Waals surface area contributed by atoms with Crippen molar-refractivity contribution in [3.05, 3.63) is 42.6 Å². The Bertz CT molecular complexity index is 894. The van der Waals surface area contributed by atoms with Crippen molar-refractivity contribution in [3.63, 3.8) is 0 Å². The van der Waals surface area contributed by atoms with E-state index in [1.54, 1.807) is 0 Å². The van der Waals surface area contributed by atoms with Crippen LogP contribution in [0.4, 0.5) is 0 Å². The molecule has 1 amide bonds. The first-order valence-electron chi connectivity index (χ1n) is 9.47. The molecule has 4 rings (SSSR count). The third-order valence-electron chi connectivity index (χ3n) is 5.22. The highest BCUT2D eigenvalue weighted by atomic mass is 32.2. The molecule has 0 unspecified atom stereocenters. The number of rotatable bonds is 4. The minimum absolute atomic E-state index is 0.211. The number of amides is 1. The number of piperidine rings is 1. The first kappa shape index (κ1) is 18.0. The summed E-state index contributed by atoms with van der Waals surface area (Å²) in [5.74, 6) is 1.46. The summed E-state index contributed by atoms with van der Waals surface area (Å²) in [4.78, 5) is 27.1. The van der Waals surface area contributed by atoms with E-state index in [1.165, 1.54) is 18.2 Å². The summed E-state index contributed by atoms with van der Waals surface area (Å²) in [6, 6.07) is 12.6. The summed E-state index contributed by atoms with van der Waals surface area (Å²) < 4.78 is 0. The molecule has 1 N–H and O–H groups in total. The molecule has 1 aliphatic heterocycles. The van der Waals surface area contributed by atoms with E-state index >= 15 is 0 Å². The Morgan fingerprint density at radius 3 is 2.67 bits per heavy atom. The molecule has 2 atom stereocenters. The van der Waals surface area contributed by atoms with Crippen molar-refractivity contribution in [3.8, 4) is 11.4 Å². The van der Waals surface area contributed by atoms with Crippen LogP contribution in [0.1, 0.15) is 33.1 Å². The monoisotopic (exact) mass is 380 g/mol. The lowest BCUT2D eigenvalue weighted by Gasteiger charge is -2.39. The number of carbonyl (C=O) groups excluding carboxylic acids is 1. The summed E-state index contributed by atoms with van der Waals surface area (Å²) in [5.41, 5.74) is 2.91. The molecule has 0 aliphatic carbocycles. The Morgan fingerprint density at radius 2 is 1.96 bits per heavy atom. The average Bonchev–Trinajstić information content (AvgIpc) is 3.11. The Morgan fingerprint density at radius 1 is 1.19 bits per heavy atom. The molecule has 5 nitrogen and oxygen atoms in total. The van der Waals surface area contributed by atoms with E-state index in [0.29, 0.717) is 17.8 Å². The van der Waals surface area contributed by atoms with E-state index in [4.69, 9.17) is 0 Å². The largest absolute Gasteiger partial charge is 0.338 e.